The standard InChI is InChI=1S/C15H13NO3S/c16-11-3-4-13-10(8-11)9-14(19-13)15(17)18-6-5-12-2-1-7-20-12/h1-4,7-9H,5-6,16H2. The van der Waals surface area contributed by atoms with Gasteiger partial charge in [-0.15, -0.1) is 11.3 Å². The highest BCUT2D eigenvalue weighted by molar-refractivity contribution is 7.09. The molecule has 4 nitrogen and oxygen atoms in total. The second-order valence-corrected chi connectivity index (χ2v) is 5.41. The van der Waals surface area contributed by atoms with Crippen LogP contribution in [0.2, 0.25) is 0 Å². The lowest BCUT2D eigenvalue weighted by atomic mass is 10.2. The molecule has 2 N–H and O–H groups in total. The van der Waals surface area contributed by atoms with E-state index in [4.69, 9.17) is 14.9 Å². The van der Waals surface area contributed by atoms with E-state index in [1.165, 1.54) is 4.88 Å². The third-order valence-corrected chi connectivity index (χ3v) is 3.84. The summed E-state index contributed by atoms with van der Waals surface area (Å²) in [4.78, 5) is 13.1. The zero-order chi connectivity index (χ0) is 13.9. The highest BCUT2D eigenvalue weighted by Crippen LogP contribution is 2.22. The predicted octanol–water partition coefficient (Wildman–Crippen LogP) is 3.48. The molecule has 0 aliphatic carbocycles. The number of ether oxygens (including phenoxy) is 1. The minimum Gasteiger partial charge on any atom is -0.459 e. The fraction of sp³-hybridized carbons (Fsp3) is 0.133. The van der Waals surface area contributed by atoms with Crippen molar-refractivity contribution in [2.75, 3.05) is 12.3 Å². The first-order valence-electron chi connectivity index (χ1n) is 6.21. The first-order valence-corrected chi connectivity index (χ1v) is 7.09. The summed E-state index contributed by atoms with van der Waals surface area (Å²) in [6.45, 7) is 0.346. The van der Waals surface area contributed by atoms with Gasteiger partial charge in [-0.25, -0.2) is 4.79 Å². The van der Waals surface area contributed by atoms with Crippen molar-refractivity contribution in [1.29, 1.82) is 0 Å². The van der Waals surface area contributed by atoms with Gasteiger partial charge in [-0.1, -0.05) is 6.07 Å². The third-order valence-electron chi connectivity index (χ3n) is 2.90. The summed E-state index contributed by atoms with van der Waals surface area (Å²) in [7, 11) is 0. The van der Waals surface area contributed by atoms with Crippen molar-refractivity contribution >= 4 is 34.0 Å². The molecule has 0 aliphatic rings. The Morgan fingerprint density at radius 2 is 2.20 bits per heavy atom. The molecule has 2 aromatic heterocycles. The van der Waals surface area contributed by atoms with E-state index in [0.29, 0.717) is 17.9 Å². The largest absolute Gasteiger partial charge is 0.459 e. The van der Waals surface area contributed by atoms with Gasteiger partial charge in [0.05, 0.1) is 6.61 Å². The SMILES string of the molecule is Nc1ccc2oc(C(=O)OCCc3cccs3)cc2c1. The molecule has 1 aromatic carbocycles. The van der Waals surface area contributed by atoms with E-state index in [0.717, 1.165) is 11.8 Å². The molecule has 20 heavy (non-hydrogen) atoms. The van der Waals surface area contributed by atoms with E-state index in [1.807, 2.05) is 17.5 Å². The van der Waals surface area contributed by atoms with Gasteiger partial charge in [0.1, 0.15) is 5.58 Å². The van der Waals surface area contributed by atoms with Crippen molar-refractivity contribution in [3.8, 4) is 0 Å². The smallest absolute Gasteiger partial charge is 0.374 e. The molecule has 0 fully saturated rings. The number of nitrogen functional groups attached to an aromatic ring is 1. The van der Waals surface area contributed by atoms with Crippen LogP contribution in [0.1, 0.15) is 15.4 Å². The van der Waals surface area contributed by atoms with Crippen molar-refractivity contribution in [1.82, 2.24) is 0 Å². The van der Waals surface area contributed by atoms with Gasteiger partial charge in [0.25, 0.3) is 0 Å². The van der Waals surface area contributed by atoms with E-state index < -0.39 is 5.97 Å². The highest BCUT2D eigenvalue weighted by atomic mass is 32.1. The third kappa shape index (κ3) is 2.67. The van der Waals surface area contributed by atoms with Gasteiger partial charge in [0.15, 0.2) is 0 Å². The number of esters is 1. The molecule has 102 valence electrons. The lowest BCUT2D eigenvalue weighted by Gasteiger charge is -2.00. The molecule has 0 saturated carbocycles. The zero-order valence-electron chi connectivity index (χ0n) is 10.7. The first-order chi connectivity index (χ1) is 9.72. The van der Waals surface area contributed by atoms with Gasteiger partial charge in [-0.2, -0.15) is 0 Å². The molecule has 0 bridgehead atoms. The molecule has 2 heterocycles. The van der Waals surface area contributed by atoms with Crippen LogP contribution in [0.3, 0.4) is 0 Å². The van der Waals surface area contributed by atoms with Crippen LogP contribution < -0.4 is 5.73 Å². The van der Waals surface area contributed by atoms with Gasteiger partial charge < -0.3 is 14.9 Å². The number of benzene rings is 1. The van der Waals surface area contributed by atoms with Crippen LogP contribution in [0, 0.1) is 0 Å². The van der Waals surface area contributed by atoms with E-state index in [-0.39, 0.29) is 5.76 Å². The number of furan rings is 1. The Kier molecular flexibility index (Phi) is 3.43. The predicted molar refractivity (Wildman–Crippen MR) is 78.9 cm³/mol. The van der Waals surface area contributed by atoms with E-state index >= 15 is 0 Å². The number of carbonyl (C=O) groups is 1. The molecule has 0 atom stereocenters. The molecule has 0 saturated heterocycles. The van der Waals surface area contributed by atoms with Crippen LogP contribution in [0.15, 0.2) is 46.2 Å². The minimum atomic E-state index is -0.448. The van der Waals surface area contributed by atoms with Crippen molar-refractivity contribution in [2.45, 2.75) is 6.42 Å². The van der Waals surface area contributed by atoms with Crippen LogP contribution in [-0.2, 0) is 11.2 Å². The van der Waals surface area contributed by atoms with E-state index in [2.05, 4.69) is 0 Å². The van der Waals surface area contributed by atoms with Crippen LogP contribution >= 0.6 is 11.3 Å². The molecule has 0 unspecified atom stereocenters. The summed E-state index contributed by atoms with van der Waals surface area (Å²) in [5, 5.41) is 2.80. The van der Waals surface area contributed by atoms with Gasteiger partial charge >= 0.3 is 5.97 Å². The summed E-state index contributed by atoms with van der Waals surface area (Å²) in [6, 6.07) is 10.9. The molecular weight excluding hydrogens is 274 g/mol. The number of carbonyl (C=O) groups excluding carboxylic acids is 1. The van der Waals surface area contributed by atoms with Crippen molar-refractivity contribution in [3.63, 3.8) is 0 Å². The van der Waals surface area contributed by atoms with Crippen LogP contribution in [-0.4, -0.2) is 12.6 Å². The van der Waals surface area contributed by atoms with E-state index in [9.17, 15) is 4.79 Å². The van der Waals surface area contributed by atoms with Gasteiger partial charge in [-0.05, 0) is 35.7 Å². The van der Waals surface area contributed by atoms with Crippen molar-refractivity contribution in [3.05, 3.63) is 52.4 Å². The average Bonchev–Trinajstić information content (AvgIpc) is 3.06. The summed E-state index contributed by atoms with van der Waals surface area (Å²) in [5.74, 6) is -0.242. The van der Waals surface area contributed by atoms with Crippen LogP contribution in [0.5, 0.6) is 0 Å². The zero-order valence-corrected chi connectivity index (χ0v) is 11.5. The molecule has 0 amide bonds. The number of nitrogens with two attached hydrogens (primary N) is 1. The fourth-order valence-corrected chi connectivity index (χ4v) is 2.62. The Morgan fingerprint density at radius 1 is 1.30 bits per heavy atom. The molecule has 3 aromatic rings. The monoisotopic (exact) mass is 287 g/mol. The van der Waals surface area contributed by atoms with Gasteiger partial charge in [-0.3, -0.25) is 0 Å². The summed E-state index contributed by atoms with van der Waals surface area (Å²) in [6.07, 6.45) is 0.719. The second-order valence-electron chi connectivity index (χ2n) is 4.37. The number of thiophene rings is 1. The maximum Gasteiger partial charge on any atom is 0.374 e. The molecule has 0 aliphatic heterocycles. The van der Waals surface area contributed by atoms with Gasteiger partial charge in [0, 0.05) is 22.4 Å². The normalized spacial score (nSPS) is 10.8. The number of hydrogen-bond acceptors (Lipinski definition) is 5. The average molecular weight is 287 g/mol. The molecule has 0 radical (unpaired) electrons. The van der Waals surface area contributed by atoms with Crippen LogP contribution in [0.4, 0.5) is 5.69 Å². The molecule has 0 spiro atoms. The number of anilines is 1. The first kappa shape index (κ1) is 12.7. The summed E-state index contributed by atoms with van der Waals surface area (Å²) >= 11 is 1.65. The van der Waals surface area contributed by atoms with Gasteiger partial charge in [0.2, 0.25) is 5.76 Å². The second kappa shape index (κ2) is 5.38. The maximum atomic E-state index is 11.9. The minimum absolute atomic E-state index is 0.205. The Morgan fingerprint density at radius 3 is 3.00 bits per heavy atom. The Balaban J connectivity index is 1.66. The topological polar surface area (TPSA) is 65.5 Å². The number of rotatable bonds is 4. The molecular formula is C15H13NO3S. The highest BCUT2D eigenvalue weighted by Gasteiger charge is 2.13. The Bertz CT molecular complexity index is 731. The lowest BCUT2D eigenvalue weighted by molar-refractivity contribution is 0.0476. The Hall–Kier alpha value is -2.27. The van der Waals surface area contributed by atoms with Crippen molar-refractivity contribution in [2.24, 2.45) is 0 Å². The van der Waals surface area contributed by atoms with E-state index in [1.54, 1.807) is 35.6 Å². The molecule has 3 rings (SSSR count). The quantitative estimate of drug-likeness (QED) is 0.589. The fourth-order valence-electron chi connectivity index (χ4n) is 1.93. The number of hydrogen-bond donors (Lipinski definition) is 1. The molecule has 5 heteroatoms. The number of fused-ring (bicyclic) bond motifs is 1. The van der Waals surface area contributed by atoms with Crippen molar-refractivity contribution < 1.29 is 13.9 Å². The summed E-state index contributed by atoms with van der Waals surface area (Å²) < 4.78 is 10.6. The maximum absolute atomic E-state index is 11.9. The lowest BCUT2D eigenvalue weighted by Crippen LogP contribution is -2.06. The van der Waals surface area contributed by atoms with Crippen LogP contribution in [0.25, 0.3) is 11.0 Å². The summed E-state index contributed by atoms with van der Waals surface area (Å²) in [5.41, 5.74) is 6.95. The Labute approximate surface area is 119 Å².